The van der Waals surface area contributed by atoms with Gasteiger partial charge in [0.05, 0.1) is 34.6 Å². The highest BCUT2D eigenvalue weighted by Crippen LogP contribution is 2.36. The van der Waals surface area contributed by atoms with E-state index in [-0.39, 0.29) is 24.4 Å². The molecular formula is C30H34N2O5S. The Hall–Kier alpha value is -3.65. The molecule has 2 heterocycles. The Balaban J connectivity index is 1.86. The van der Waals surface area contributed by atoms with Gasteiger partial charge in [-0.25, -0.2) is 9.79 Å². The molecule has 0 amide bonds. The zero-order valence-electron chi connectivity index (χ0n) is 22.7. The number of thiazole rings is 1. The molecule has 3 aromatic rings. The Morgan fingerprint density at radius 1 is 1.08 bits per heavy atom. The van der Waals surface area contributed by atoms with Crippen LogP contribution in [0.1, 0.15) is 65.1 Å². The van der Waals surface area contributed by atoms with Gasteiger partial charge < -0.3 is 14.2 Å². The molecule has 4 rings (SSSR count). The maximum Gasteiger partial charge on any atom is 0.338 e. The van der Waals surface area contributed by atoms with Gasteiger partial charge in [0, 0.05) is 5.56 Å². The van der Waals surface area contributed by atoms with Crippen LogP contribution in [0.3, 0.4) is 0 Å². The lowest BCUT2D eigenvalue weighted by Crippen LogP contribution is -2.40. The van der Waals surface area contributed by atoms with Crippen molar-refractivity contribution in [3.05, 3.63) is 90.6 Å². The summed E-state index contributed by atoms with van der Waals surface area (Å²) in [5, 5.41) is 0. The summed E-state index contributed by atoms with van der Waals surface area (Å²) < 4.78 is 19.5. The summed E-state index contributed by atoms with van der Waals surface area (Å²) in [5.41, 5.74) is 2.20. The average Bonchev–Trinajstić information content (AvgIpc) is 3.18. The normalized spacial score (nSPS) is 16.2. The quantitative estimate of drug-likeness (QED) is 0.370. The van der Waals surface area contributed by atoms with Crippen LogP contribution in [0.25, 0.3) is 6.08 Å². The van der Waals surface area contributed by atoms with Gasteiger partial charge in [-0.1, -0.05) is 48.6 Å². The predicted octanol–water partition coefficient (Wildman–Crippen LogP) is 4.76. The number of carbonyl (C=O) groups excluding carboxylic acids is 1. The number of hydrogen-bond acceptors (Lipinski definition) is 7. The molecule has 1 aliphatic rings. The fourth-order valence-corrected chi connectivity index (χ4v) is 5.31. The number of esters is 1. The van der Waals surface area contributed by atoms with E-state index in [1.54, 1.807) is 18.4 Å². The van der Waals surface area contributed by atoms with Crippen molar-refractivity contribution in [1.29, 1.82) is 0 Å². The van der Waals surface area contributed by atoms with Crippen molar-refractivity contribution in [3.63, 3.8) is 0 Å². The minimum Gasteiger partial charge on any atom is -0.491 e. The highest BCUT2D eigenvalue weighted by atomic mass is 32.1. The van der Waals surface area contributed by atoms with E-state index in [1.165, 1.54) is 11.3 Å². The highest BCUT2D eigenvalue weighted by Gasteiger charge is 2.35. The number of para-hydroxylation sites is 1. The molecule has 0 saturated heterocycles. The molecule has 38 heavy (non-hydrogen) atoms. The molecule has 0 spiro atoms. The molecular weight excluding hydrogens is 500 g/mol. The lowest BCUT2D eigenvalue weighted by molar-refractivity contribution is -0.139. The number of benzene rings is 2. The molecule has 0 aliphatic carbocycles. The van der Waals surface area contributed by atoms with Crippen LogP contribution in [0.15, 0.2) is 69.6 Å². The Bertz CT molecular complexity index is 1520. The number of rotatable bonds is 9. The van der Waals surface area contributed by atoms with Crippen LogP contribution < -0.4 is 24.4 Å². The second kappa shape index (κ2) is 11.8. The first-order valence-corrected chi connectivity index (χ1v) is 13.8. The summed E-state index contributed by atoms with van der Waals surface area (Å²) in [6.45, 7) is 11.7. The van der Waals surface area contributed by atoms with Crippen molar-refractivity contribution in [2.75, 3.05) is 6.61 Å². The molecule has 0 fully saturated rings. The van der Waals surface area contributed by atoms with Crippen molar-refractivity contribution in [2.45, 2.75) is 66.2 Å². The summed E-state index contributed by atoms with van der Waals surface area (Å²) in [5.74, 6) is 0.897. The fourth-order valence-electron chi connectivity index (χ4n) is 4.26. The van der Waals surface area contributed by atoms with Gasteiger partial charge in [-0.05, 0) is 70.9 Å². The van der Waals surface area contributed by atoms with Crippen LogP contribution in [0.5, 0.6) is 11.5 Å². The van der Waals surface area contributed by atoms with E-state index in [0.717, 1.165) is 17.7 Å². The van der Waals surface area contributed by atoms with Gasteiger partial charge in [-0.2, -0.15) is 0 Å². The van der Waals surface area contributed by atoms with Crippen LogP contribution in [0.2, 0.25) is 0 Å². The molecule has 0 saturated carbocycles. The second-order valence-corrected chi connectivity index (χ2v) is 10.4. The molecule has 0 N–H and O–H groups in total. The third-order valence-corrected chi connectivity index (χ3v) is 7.17. The molecule has 8 heteroatoms. The molecule has 1 aromatic heterocycles. The summed E-state index contributed by atoms with van der Waals surface area (Å²) in [6.07, 6.45) is 2.80. The van der Waals surface area contributed by atoms with E-state index < -0.39 is 12.0 Å². The highest BCUT2D eigenvalue weighted by molar-refractivity contribution is 7.07. The van der Waals surface area contributed by atoms with E-state index in [4.69, 9.17) is 14.2 Å². The number of nitrogens with zero attached hydrogens (tertiary/aromatic N) is 2. The Morgan fingerprint density at radius 2 is 1.79 bits per heavy atom. The lowest BCUT2D eigenvalue weighted by atomic mass is 9.95. The van der Waals surface area contributed by atoms with E-state index >= 15 is 0 Å². The summed E-state index contributed by atoms with van der Waals surface area (Å²) in [7, 11) is 0. The minimum atomic E-state index is -0.728. The largest absolute Gasteiger partial charge is 0.491 e. The van der Waals surface area contributed by atoms with Gasteiger partial charge in [0.2, 0.25) is 0 Å². The van der Waals surface area contributed by atoms with Crippen molar-refractivity contribution in [2.24, 2.45) is 4.99 Å². The monoisotopic (exact) mass is 534 g/mol. The summed E-state index contributed by atoms with van der Waals surface area (Å²) in [6, 6.07) is 14.4. The van der Waals surface area contributed by atoms with Crippen molar-refractivity contribution in [3.8, 4) is 11.5 Å². The lowest BCUT2D eigenvalue weighted by Gasteiger charge is -2.26. The maximum atomic E-state index is 13.9. The third kappa shape index (κ3) is 5.75. The zero-order valence-corrected chi connectivity index (χ0v) is 23.5. The van der Waals surface area contributed by atoms with Gasteiger partial charge >= 0.3 is 5.97 Å². The fraction of sp³-hybridized carbons (Fsp3) is 0.367. The van der Waals surface area contributed by atoms with Gasteiger partial charge in [-0.3, -0.25) is 9.36 Å². The van der Waals surface area contributed by atoms with E-state index in [0.29, 0.717) is 31.9 Å². The molecule has 2 atom stereocenters. The number of ether oxygens (including phenoxy) is 3. The summed E-state index contributed by atoms with van der Waals surface area (Å²) >= 11 is 1.29. The topological polar surface area (TPSA) is 79.1 Å². The van der Waals surface area contributed by atoms with Crippen LogP contribution in [0, 0.1) is 0 Å². The second-order valence-electron chi connectivity index (χ2n) is 9.41. The molecule has 7 nitrogen and oxygen atoms in total. The van der Waals surface area contributed by atoms with Crippen LogP contribution >= 0.6 is 11.3 Å². The zero-order chi connectivity index (χ0) is 27.4. The van der Waals surface area contributed by atoms with Gasteiger partial charge in [-0.15, -0.1) is 0 Å². The molecule has 1 aliphatic heterocycles. The minimum absolute atomic E-state index is 0.0876. The summed E-state index contributed by atoms with van der Waals surface area (Å²) in [4.78, 5) is 32.2. The average molecular weight is 535 g/mol. The SMILES string of the molecule is CCOC(=O)C1=C(C)N=c2s/c(=C/c3ccc(O[C@@H](C)CC)cc3)c(=O)n2[C@H]1c1ccccc1OC(C)C. The number of hydrogen-bond donors (Lipinski definition) is 0. The standard InChI is InChI=1S/C30H34N2O5S/c1-7-19(5)37-22-15-13-21(14-16-22)17-25-28(33)32-27(23-11-9-10-12-24(23)36-18(3)4)26(29(34)35-8-2)20(6)31-30(32)38-25/h9-19,27H,7-8H2,1-6H3/b25-17+/t19-,27-/m0/s1. The van der Waals surface area contributed by atoms with Gasteiger partial charge in [0.1, 0.15) is 17.5 Å². The van der Waals surface area contributed by atoms with E-state index in [9.17, 15) is 9.59 Å². The van der Waals surface area contributed by atoms with Crippen LogP contribution in [0.4, 0.5) is 0 Å². The molecule has 200 valence electrons. The first-order valence-electron chi connectivity index (χ1n) is 12.9. The number of fused-ring (bicyclic) bond motifs is 1. The molecule has 0 radical (unpaired) electrons. The van der Waals surface area contributed by atoms with Crippen molar-refractivity contribution < 1.29 is 19.0 Å². The molecule has 0 bridgehead atoms. The van der Waals surface area contributed by atoms with Crippen LogP contribution in [-0.4, -0.2) is 29.4 Å². The van der Waals surface area contributed by atoms with Crippen molar-refractivity contribution in [1.82, 2.24) is 4.57 Å². The Labute approximate surface area is 226 Å². The predicted molar refractivity (Wildman–Crippen MR) is 149 cm³/mol. The molecule has 0 unspecified atom stereocenters. The number of allylic oxidation sites excluding steroid dienone is 1. The molecule has 2 aromatic carbocycles. The van der Waals surface area contributed by atoms with Crippen LogP contribution in [-0.2, 0) is 9.53 Å². The first-order chi connectivity index (χ1) is 18.2. The van der Waals surface area contributed by atoms with Crippen molar-refractivity contribution >= 4 is 23.4 Å². The Kier molecular flexibility index (Phi) is 8.52. The Morgan fingerprint density at radius 3 is 2.45 bits per heavy atom. The first kappa shape index (κ1) is 27.4. The number of carbonyl (C=O) groups is 1. The smallest absolute Gasteiger partial charge is 0.338 e. The van der Waals surface area contributed by atoms with E-state index in [2.05, 4.69) is 11.9 Å². The van der Waals surface area contributed by atoms with Gasteiger partial charge in [0.15, 0.2) is 4.80 Å². The number of aromatic nitrogens is 1. The maximum absolute atomic E-state index is 13.9. The third-order valence-electron chi connectivity index (χ3n) is 6.18. The van der Waals surface area contributed by atoms with E-state index in [1.807, 2.05) is 75.4 Å². The van der Waals surface area contributed by atoms with Gasteiger partial charge in [0.25, 0.3) is 5.56 Å².